The molecule has 2 rings (SSSR count). The van der Waals surface area contributed by atoms with Crippen molar-refractivity contribution in [1.82, 2.24) is 9.97 Å². The minimum absolute atomic E-state index is 0.983. The number of aromatic nitrogens is 2. The van der Waals surface area contributed by atoms with E-state index in [2.05, 4.69) is 30.8 Å². The van der Waals surface area contributed by atoms with Gasteiger partial charge < -0.3 is 4.90 Å². The van der Waals surface area contributed by atoms with Crippen molar-refractivity contribution in [3.63, 3.8) is 0 Å². The Bertz CT molecular complexity index is 302. The Balaban J connectivity index is 2.16. The van der Waals surface area contributed by atoms with Gasteiger partial charge in [-0.1, -0.05) is 21.6 Å². The normalized spacial score (nSPS) is 17.9. The molecule has 0 spiro atoms. The first-order chi connectivity index (χ1) is 6.88. The van der Waals surface area contributed by atoms with Crippen molar-refractivity contribution in [1.29, 1.82) is 0 Å². The summed E-state index contributed by atoms with van der Waals surface area (Å²) in [5, 5.41) is 0. The summed E-state index contributed by atoms with van der Waals surface area (Å²) in [4.78, 5) is 10.6. The van der Waals surface area contributed by atoms with Crippen molar-refractivity contribution in [3.05, 3.63) is 17.0 Å². The Morgan fingerprint density at radius 2 is 2.00 bits per heavy atom. The third-order valence-electron chi connectivity index (χ3n) is 1.92. The van der Waals surface area contributed by atoms with Gasteiger partial charge in [0.15, 0.2) is 0 Å². The summed E-state index contributed by atoms with van der Waals surface area (Å²) in [6.45, 7) is 2.13. The third kappa shape index (κ3) is 2.55. The SMILES string of the molecule is Brc1cncnc1N1CCSSCC1. The van der Waals surface area contributed by atoms with Crippen LogP contribution in [0.15, 0.2) is 17.0 Å². The van der Waals surface area contributed by atoms with E-state index in [-0.39, 0.29) is 0 Å². The summed E-state index contributed by atoms with van der Waals surface area (Å²) in [6, 6.07) is 0. The van der Waals surface area contributed by atoms with Gasteiger partial charge in [-0.05, 0) is 15.9 Å². The molecule has 6 heteroatoms. The first kappa shape index (κ1) is 10.6. The molecule has 1 fully saturated rings. The summed E-state index contributed by atoms with van der Waals surface area (Å²) in [6.07, 6.45) is 3.40. The van der Waals surface area contributed by atoms with Crippen LogP contribution in [0.1, 0.15) is 0 Å². The standard InChI is InChI=1S/C8H10BrN3S2/c9-7-5-10-6-11-8(7)12-1-3-13-14-4-2-12/h5-6H,1-4H2. The molecule has 0 amide bonds. The van der Waals surface area contributed by atoms with Gasteiger partial charge in [0.1, 0.15) is 12.1 Å². The highest BCUT2D eigenvalue weighted by molar-refractivity contribution is 9.10. The summed E-state index contributed by atoms with van der Waals surface area (Å²) in [5.41, 5.74) is 0. The van der Waals surface area contributed by atoms with Crippen molar-refractivity contribution in [3.8, 4) is 0 Å². The van der Waals surface area contributed by atoms with Gasteiger partial charge >= 0.3 is 0 Å². The molecule has 1 aliphatic rings. The van der Waals surface area contributed by atoms with Crippen molar-refractivity contribution >= 4 is 43.3 Å². The number of hydrogen-bond acceptors (Lipinski definition) is 5. The monoisotopic (exact) mass is 291 g/mol. The predicted octanol–water partition coefficient (Wildman–Crippen LogP) is 2.44. The lowest BCUT2D eigenvalue weighted by Crippen LogP contribution is -2.27. The van der Waals surface area contributed by atoms with E-state index in [1.165, 1.54) is 0 Å². The maximum atomic E-state index is 4.29. The molecule has 0 atom stereocenters. The molecular weight excluding hydrogens is 282 g/mol. The van der Waals surface area contributed by atoms with Crippen LogP contribution in [0.3, 0.4) is 0 Å². The lowest BCUT2D eigenvalue weighted by atomic mass is 10.4. The molecular formula is C8H10BrN3S2. The van der Waals surface area contributed by atoms with E-state index in [0.29, 0.717) is 0 Å². The Kier molecular flexibility index (Phi) is 3.95. The summed E-state index contributed by atoms with van der Waals surface area (Å²) in [5.74, 6) is 3.32. The van der Waals surface area contributed by atoms with Crippen LogP contribution < -0.4 is 4.90 Å². The fourth-order valence-corrected chi connectivity index (χ4v) is 3.73. The second kappa shape index (κ2) is 5.23. The van der Waals surface area contributed by atoms with Gasteiger partial charge in [-0.25, -0.2) is 9.97 Å². The second-order valence-electron chi connectivity index (χ2n) is 2.83. The molecule has 3 nitrogen and oxygen atoms in total. The van der Waals surface area contributed by atoms with Crippen LogP contribution in [0.4, 0.5) is 5.82 Å². The van der Waals surface area contributed by atoms with Gasteiger partial charge in [0.05, 0.1) is 4.47 Å². The Labute approximate surface area is 99.6 Å². The van der Waals surface area contributed by atoms with Crippen LogP contribution in [0.2, 0.25) is 0 Å². The van der Waals surface area contributed by atoms with Crippen molar-refractivity contribution in [2.75, 3.05) is 29.5 Å². The van der Waals surface area contributed by atoms with Gasteiger partial charge in [0.25, 0.3) is 0 Å². The summed E-state index contributed by atoms with van der Waals surface area (Å²) < 4.78 is 0.983. The zero-order chi connectivity index (χ0) is 9.80. The molecule has 0 aromatic carbocycles. The van der Waals surface area contributed by atoms with Gasteiger partial charge in [0, 0.05) is 30.8 Å². The Morgan fingerprint density at radius 1 is 1.29 bits per heavy atom. The number of halogens is 1. The molecule has 0 N–H and O–H groups in total. The molecule has 1 aliphatic heterocycles. The lowest BCUT2D eigenvalue weighted by molar-refractivity contribution is 0.853. The first-order valence-corrected chi connectivity index (χ1v) is 7.61. The predicted molar refractivity (Wildman–Crippen MR) is 66.9 cm³/mol. The van der Waals surface area contributed by atoms with Crippen LogP contribution in [-0.2, 0) is 0 Å². The highest BCUT2D eigenvalue weighted by atomic mass is 79.9. The average molecular weight is 292 g/mol. The van der Waals surface area contributed by atoms with Gasteiger partial charge in [0.2, 0.25) is 0 Å². The number of hydrogen-bond donors (Lipinski definition) is 0. The van der Waals surface area contributed by atoms with E-state index in [1.807, 2.05) is 21.6 Å². The van der Waals surface area contributed by atoms with Crippen molar-refractivity contribution in [2.45, 2.75) is 0 Å². The second-order valence-corrected chi connectivity index (χ2v) is 6.38. The maximum Gasteiger partial charge on any atom is 0.146 e. The van der Waals surface area contributed by atoms with Crippen LogP contribution in [-0.4, -0.2) is 34.6 Å². The van der Waals surface area contributed by atoms with E-state index in [4.69, 9.17) is 0 Å². The molecule has 0 unspecified atom stereocenters. The highest BCUT2D eigenvalue weighted by Gasteiger charge is 2.13. The molecule has 1 aromatic heterocycles. The van der Waals surface area contributed by atoms with E-state index in [9.17, 15) is 0 Å². The highest BCUT2D eigenvalue weighted by Crippen LogP contribution is 2.28. The quantitative estimate of drug-likeness (QED) is 0.742. The zero-order valence-corrected chi connectivity index (χ0v) is 10.7. The fraction of sp³-hybridized carbons (Fsp3) is 0.500. The molecule has 14 heavy (non-hydrogen) atoms. The topological polar surface area (TPSA) is 29.0 Å². The van der Waals surface area contributed by atoms with Gasteiger partial charge in [-0.3, -0.25) is 0 Å². The van der Waals surface area contributed by atoms with E-state index >= 15 is 0 Å². The fourth-order valence-electron chi connectivity index (χ4n) is 1.28. The third-order valence-corrected chi connectivity index (χ3v) is 4.84. The molecule has 1 saturated heterocycles. The Hall–Kier alpha value is 0.0600. The lowest BCUT2D eigenvalue weighted by Gasteiger charge is -2.21. The number of rotatable bonds is 1. The molecule has 0 radical (unpaired) electrons. The molecule has 0 bridgehead atoms. The van der Waals surface area contributed by atoms with Crippen LogP contribution >= 0.6 is 37.5 Å². The largest absolute Gasteiger partial charge is 0.354 e. The maximum absolute atomic E-state index is 4.29. The molecule has 76 valence electrons. The van der Waals surface area contributed by atoms with Gasteiger partial charge in [-0.2, -0.15) is 0 Å². The van der Waals surface area contributed by atoms with Crippen molar-refractivity contribution in [2.24, 2.45) is 0 Å². The minimum Gasteiger partial charge on any atom is -0.354 e. The molecule has 0 aliphatic carbocycles. The van der Waals surface area contributed by atoms with Crippen LogP contribution in [0, 0.1) is 0 Å². The average Bonchev–Trinajstić information content (AvgIpc) is 2.47. The van der Waals surface area contributed by atoms with E-state index in [0.717, 1.165) is 34.9 Å². The molecule has 1 aromatic rings. The van der Waals surface area contributed by atoms with E-state index in [1.54, 1.807) is 12.5 Å². The van der Waals surface area contributed by atoms with Crippen LogP contribution in [0.25, 0.3) is 0 Å². The van der Waals surface area contributed by atoms with Crippen molar-refractivity contribution < 1.29 is 0 Å². The first-order valence-electron chi connectivity index (χ1n) is 4.33. The van der Waals surface area contributed by atoms with E-state index < -0.39 is 0 Å². The molecule has 0 saturated carbocycles. The summed E-state index contributed by atoms with van der Waals surface area (Å²) in [7, 11) is 3.87. The Morgan fingerprint density at radius 3 is 2.64 bits per heavy atom. The summed E-state index contributed by atoms with van der Waals surface area (Å²) >= 11 is 3.48. The molecule has 2 heterocycles. The van der Waals surface area contributed by atoms with Gasteiger partial charge in [-0.15, -0.1) is 0 Å². The smallest absolute Gasteiger partial charge is 0.146 e. The number of nitrogens with zero attached hydrogens (tertiary/aromatic N) is 3. The minimum atomic E-state index is 0.983. The van der Waals surface area contributed by atoms with Crippen LogP contribution in [0.5, 0.6) is 0 Å². The zero-order valence-electron chi connectivity index (χ0n) is 7.52. The number of anilines is 1.